The Bertz CT molecular complexity index is 1070. The predicted octanol–water partition coefficient (Wildman–Crippen LogP) is 10.4. The van der Waals surface area contributed by atoms with Gasteiger partial charge in [-0.15, -0.1) is 4.37 Å². The van der Waals surface area contributed by atoms with Crippen LogP contribution in [-0.2, 0) is 4.74 Å². The summed E-state index contributed by atoms with van der Waals surface area (Å²) < 4.78 is 22.2. The molecule has 0 aliphatic carbocycles. The van der Waals surface area contributed by atoms with Crippen LogP contribution in [0.3, 0.4) is 0 Å². The molecule has 2 heterocycles. The van der Waals surface area contributed by atoms with Gasteiger partial charge in [0.25, 0.3) is 5.88 Å². The molecule has 2 atom stereocenters. The van der Waals surface area contributed by atoms with Crippen LogP contribution in [0.1, 0.15) is 152 Å². The second kappa shape index (κ2) is 21.5. The van der Waals surface area contributed by atoms with Gasteiger partial charge in [-0.1, -0.05) is 134 Å². The Morgan fingerprint density at radius 2 is 1.41 bits per heavy atom. The lowest BCUT2D eigenvalue weighted by atomic mass is 10.0. The van der Waals surface area contributed by atoms with E-state index in [1.807, 2.05) is 30.3 Å². The quantitative estimate of drug-likeness (QED) is 0.0659. The van der Waals surface area contributed by atoms with Crippen LogP contribution in [-0.4, -0.2) is 52.2 Å². The number of hydrogen-bond acceptors (Lipinski definition) is 6. The van der Waals surface area contributed by atoms with E-state index in [4.69, 9.17) is 9.47 Å². The Balaban J connectivity index is 1.52. The number of carbonyl (C=O) groups excluding carboxylic acids is 1. The summed E-state index contributed by atoms with van der Waals surface area (Å²) in [4.78, 5) is 13.2. The van der Waals surface area contributed by atoms with E-state index < -0.39 is 0 Å². The normalized spacial score (nSPS) is 17.3. The number of rotatable bonds is 24. The molecule has 0 fully saturated rings. The van der Waals surface area contributed by atoms with E-state index >= 15 is 0 Å². The van der Waals surface area contributed by atoms with Crippen molar-refractivity contribution in [2.45, 2.75) is 142 Å². The Hall–Kier alpha value is -2.25. The molecule has 0 N–H and O–H groups in total. The smallest absolute Gasteiger partial charge is 0.342 e. The molecular formula is C37H60N3O3S+. The lowest BCUT2D eigenvalue weighted by Crippen LogP contribution is -2.56. The highest BCUT2D eigenvalue weighted by molar-refractivity contribution is 6.99. The van der Waals surface area contributed by atoms with E-state index in [1.54, 1.807) is 0 Å². The van der Waals surface area contributed by atoms with Gasteiger partial charge in [0, 0.05) is 18.4 Å². The summed E-state index contributed by atoms with van der Waals surface area (Å²) in [5.74, 6) is 0.424. The summed E-state index contributed by atoms with van der Waals surface area (Å²) in [6.07, 6.45) is 25.8. The van der Waals surface area contributed by atoms with Gasteiger partial charge in [0.2, 0.25) is 6.23 Å². The molecule has 0 amide bonds. The second-order valence-corrected chi connectivity index (χ2v) is 13.5. The van der Waals surface area contributed by atoms with E-state index in [2.05, 4.69) is 35.7 Å². The number of likely N-dealkylation sites (N-methyl/N-ethyl adjacent to an activating group) is 1. The number of carbonyl (C=O) groups is 1. The monoisotopic (exact) mass is 626 g/mol. The minimum absolute atomic E-state index is 0.205. The number of esters is 1. The van der Waals surface area contributed by atoms with Crippen molar-refractivity contribution >= 4 is 23.3 Å². The van der Waals surface area contributed by atoms with Crippen LogP contribution in [0.15, 0.2) is 36.4 Å². The van der Waals surface area contributed by atoms with Crippen molar-refractivity contribution in [3.05, 3.63) is 47.7 Å². The first-order valence-corrected chi connectivity index (χ1v) is 18.6. The maximum absolute atomic E-state index is 13.2. The average Bonchev–Trinajstić information content (AvgIpc) is 3.51. The van der Waals surface area contributed by atoms with Crippen molar-refractivity contribution in [3.63, 3.8) is 0 Å². The van der Waals surface area contributed by atoms with Crippen LogP contribution in [0.5, 0.6) is 5.88 Å². The lowest BCUT2D eigenvalue weighted by Gasteiger charge is -2.42. The Kier molecular flexibility index (Phi) is 17.7. The van der Waals surface area contributed by atoms with Gasteiger partial charge < -0.3 is 9.47 Å². The van der Waals surface area contributed by atoms with Crippen molar-refractivity contribution < 1.29 is 18.8 Å². The first-order chi connectivity index (χ1) is 21.6. The number of aromatic nitrogens is 2. The number of unbranched alkanes of at least 4 members (excludes halogenated alkanes) is 15. The number of ether oxygens (including phenoxy) is 2. The van der Waals surface area contributed by atoms with Gasteiger partial charge >= 0.3 is 5.97 Å². The fraction of sp³-hybridized carbons (Fsp3) is 0.703. The summed E-state index contributed by atoms with van der Waals surface area (Å²) in [6.45, 7) is 6.86. The highest BCUT2D eigenvalue weighted by Gasteiger charge is 2.39. The van der Waals surface area contributed by atoms with Crippen LogP contribution < -0.4 is 4.74 Å². The van der Waals surface area contributed by atoms with Gasteiger partial charge in [0.1, 0.15) is 12.2 Å². The third-order valence-electron chi connectivity index (χ3n) is 9.06. The average molecular weight is 627 g/mol. The summed E-state index contributed by atoms with van der Waals surface area (Å²) in [6, 6.07) is 9.42. The number of benzene rings is 1. The van der Waals surface area contributed by atoms with E-state index in [0.717, 1.165) is 50.0 Å². The summed E-state index contributed by atoms with van der Waals surface area (Å²) >= 11 is 1.22. The molecular weight excluding hydrogens is 566 g/mol. The molecule has 7 heteroatoms. The Morgan fingerprint density at radius 3 is 2.05 bits per heavy atom. The Labute approximate surface area is 272 Å². The zero-order valence-corrected chi connectivity index (χ0v) is 28.9. The highest BCUT2D eigenvalue weighted by Crippen LogP contribution is 2.33. The van der Waals surface area contributed by atoms with Crippen molar-refractivity contribution in [2.24, 2.45) is 0 Å². The van der Waals surface area contributed by atoms with E-state index in [0.29, 0.717) is 22.5 Å². The van der Waals surface area contributed by atoms with E-state index in [9.17, 15) is 4.79 Å². The first-order valence-electron chi connectivity index (χ1n) is 17.8. The van der Waals surface area contributed by atoms with Crippen molar-refractivity contribution in [3.8, 4) is 5.88 Å². The molecule has 3 rings (SSSR count). The molecule has 6 nitrogen and oxygen atoms in total. The van der Waals surface area contributed by atoms with Gasteiger partial charge in [0.15, 0.2) is 0 Å². The Morgan fingerprint density at radius 1 is 0.818 bits per heavy atom. The molecule has 0 spiro atoms. The minimum Gasteiger partial charge on any atom is -0.475 e. The van der Waals surface area contributed by atoms with Crippen LogP contribution in [0.4, 0.5) is 0 Å². The maximum Gasteiger partial charge on any atom is 0.342 e. The zero-order chi connectivity index (χ0) is 31.3. The summed E-state index contributed by atoms with van der Waals surface area (Å²) in [7, 11) is 2.24. The van der Waals surface area contributed by atoms with Gasteiger partial charge in [-0.3, -0.25) is 4.48 Å². The number of nitrogens with zero attached hydrogens (tertiary/aromatic N) is 3. The van der Waals surface area contributed by atoms with Gasteiger partial charge in [-0.25, -0.2) is 4.79 Å². The summed E-state index contributed by atoms with van der Waals surface area (Å²) in [5.41, 5.74) is 2.63. The van der Waals surface area contributed by atoms with Gasteiger partial charge in [0.05, 0.1) is 37.5 Å². The number of hydrogen-bond donors (Lipinski definition) is 0. The maximum atomic E-state index is 13.2. The third-order valence-corrected chi connectivity index (χ3v) is 9.58. The van der Waals surface area contributed by atoms with Crippen molar-refractivity contribution in [1.29, 1.82) is 0 Å². The molecule has 1 aromatic carbocycles. The predicted molar refractivity (Wildman–Crippen MR) is 184 cm³/mol. The van der Waals surface area contributed by atoms with Crippen LogP contribution >= 0.6 is 11.7 Å². The SMILES string of the molecule is CCCCCCCCCCCCCCCC(OC(=O)c1ccccc1)[N+]1(C)CCC=C(c2nsnc2OCCCCCC)C1. The van der Waals surface area contributed by atoms with Gasteiger partial charge in [-0.2, -0.15) is 4.37 Å². The highest BCUT2D eigenvalue weighted by atomic mass is 32.1. The topological polar surface area (TPSA) is 61.3 Å². The molecule has 246 valence electrons. The molecule has 0 radical (unpaired) electrons. The molecule has 0 saturated carbocycles. The lowest BCUT2D eigenvalue weighted by molar-refractivity contribution is -0.947. The number of quaternary nitrogens is 1. The minimum atomic E-state index is -0.229. The molecule has 2 aromatic rings. The van der Waals surface area contributed by atoms with Crippen LogP contribution in [0, 0.1) is 0 Å². The standard InChI is InChI=1S/C37H60N3O3S/c1-4-6-8-10-11-12-13-14-15-16-17-18-22-28-34(43-37(41)32-25-20-19-21-26-32)40(3)29-24-27-33(31-40)35-36(39-44-38-35)42-30-23-9-7-5-2/h19-21,25-27,34H,4-18,22-24,28-31H2,1-3H3/q+1. The van der Waals surface area contributed by atoms with Crippen molar-refractivity contribution in [1.82, 2.24) is 8.75 Å². The molecule has 1 aromatic heterocycles. The first kappa shape index (κ1) is 36.2. The van der Waals surface area contributed by atoms with Crippen LogP contribution in [0.25, 0.3) is 5.57 Å². The fourth-order valence-electron chi connectivity index (χ4n) is 6.25. The second-order valence-electron chi connectivity index (χ2n) is 13.0. The molecule has 1 aliphatic rings. The summed E-state index contributed by atoms with van der Waals surface area (Å²) in [5, 5.41) is 0. The third kappa shape index (κ3) is 13.0. The van der Waals surface area contributed by atoms with Crippen LogP contribution in [0.2, 0.25) is 0 Å². The van der Waals surface area contributed by atoms with Crippen molar-refractivity contribution in [2.75, 3.05) is 26.7 Å². The zero-order valence-electron chi connectivity index (χ0n) is 28.1. The molecule has 1 aliphatic heterocycles. The molecule has 44 heavy (non-hydrogen) atoms. The fourth-order valence-corrected chi connectivity index (χ4v) is 6.78. The van der Waals surface area contributed by atoms with E-state index in [-0.39, 0.29) is 12.2 Å². The largest absolute Gasteiger partial charge is 0.475 e. The molecule has 2 unspecified atom stereocenters. The molecule has 0 bridgehead atoms. The molecule has 0 saturated heterocycles. The van der Waals surface area contributed by atoms with Gasteiger partial charge in [-0.05, 0) is 25.0 Å². The van der Waals surface area contributed by atoms with E-state index in [1.165, 1.54) is 108 Å².